The fraction of sp³-hybridized carbons (Fsp3) is 0.263. The number of aliphatic imine (C=N–C) groups is 1. The first-order chi connectivity index (χ1) is 11.2. The highest BCUT2D eigenvalue weighted by Gasteiger charge is 2.07. The monoisotopic (exact) mass is 323 g/mol. The normalized spacial score (nSPS) is 11.6. The first-order valence-corrected chi connectivity index (χ1v) is 8.73. The molecule has 0 saturated heterocycles. The number of rotatable bonds is 5. The Morgan fingerprint density at radius 1 is 1.22 bits per heavy atom. The van der Waals surface area contributed by atoms with Crippen LogP contribution in [-0.4, -0.2) is 18.2 Å². The fourth-order valence-electron chi connectivity index (χ4n) is 2.63. The van der Waals surface area contributed by atoms with Gasteiger partial charge in [-0.25, -0.2) is 4.98 Å². The smallest absolute Gasteiger partial charge is 0.132 e. The predicted molar refractivity (Wildman–Crippen MR) is 102 cm³/mol. The highest BCUT2D eigenvalue weighted by molar-refractivity contribution is 7.19. The van der Waals surface area contributed by atoms with Crippen molar-refractivity contribution in [3.05, 3.63) is 47.0 Å². The van der Waals surface area contributed by atoms with E-state index in [1.54, 1.807) is 13.3 Å². The van der Waals surface area contributed by atoms with Crippen LogP contribution in [-0.2, 0) is 6.42 Å². The Labute approximate surface area is 140 Å². The summed E-state index contributed by atoms with van der Waals surface area (Å²) in [4.78, 5) is 9.80. The van der Waals surface area contributed by atoms with E-state index in [-0.39, 0.29) is 0 Å². The van der Waals surface area contributed by atoms with Crippen molar-refractivity contribution in [2.75, 3.05) is 12.8 Å². The van der Waals surface area contributed by atoms with E-state index in [0.717, 1.165) is 11.1 Å². The fourth-order valence-corrected chi connectivity index (χ4v) is 3.78. The summed E-state index contributed by atoms with van der Waals surface area (Å²) >= 11 is 1.89. The van der Waals surface area contributed by atoms with Gasteiger partial charge in [-0.3, -0.25) is 4.99 Å². The van der Waals surface area contributed by atoms with E-state index in [4.69, 9.17) is 5.73 Å². The van der Waals surface area contributed by atoms with Crippen LogP contribution in [0.4, 0.5) is 5.82 Å². The standard InChI is InChI=1S/C19H21N3S/c1-3-4-5-17-9-14-7-6-13(10-18(14)23-17)15-8-16(11-21-2)19(20)22-12-15/h6-12H,3-5H2,1-2H3,(H2,20,22). The Balaban J connectivity index is 1.98. The first kappa shape index (κ1) is 15.7. The number of nitrogen functional groups attached to an aromatic ring is 1. The summed E-state index contributed by atoms with van der Waals surface area (Å²) < 4.78 is 1.33. The van der Waals surface area contributed by atoms with Gasteiger partial charge < -0.3 is 5.73 Å². The average molecular weight is 323 g/mol. The molecule has 1 aromatic carbocycles. The van der Waals surface area contributed by atoms with Crippen LogP contribution >= 0.6 is 11.3 Å². The molecular weight excluding hydrogens is 302 g/mol. The van der Waals surface area contributed by atoms with Crippen LogP contribution < -0.4 is 5.73 Å². The Morgan fingerprint density at radius 3 is 2.87 bits per heavy atom. The molecule has 0 aliphatic rings. The lowest BCUT2D eigenvalue weighted by Crippen LogP contribution is -1.97. The SMILES string of the molecule is CCCCc1cc2ccc(-c3cnc(N)c(C=NC)c3)cc2s1. The van der Waals surface area contributed by atoms with E-state index in [2.05, 4.69) is 41.2 Å². The summed E-state index contributed by atoms with van der Waals surface area (Å²) in [5.41, 5.74) is 8.99. The van der Waals surface area contributed by atoms with Gasteiger partial charge in [-0.2, -0.15) is 0 Å². The number of aromatic nitrogens is 1. The highest BCUT2D eigenvalue weighted by atomic mass is 32.1. The largest absolute Gasteiger partial charge is 0.383 e. The zero-order valence-electron chi connectivity index (χ0n) is 13.5. The lowest BCUT2D eigenvalue weighted by Gasteiger charge is -2.05. The van der Waals surface area contributed by atoms with Gasteiger partial charge in [0.15, 0.2) is 0 Å². The third kappa shape index (κ3) is 3.42. The van der Waals surface area contributed by atoms with Gasteiger partial charge in [-0.15, -0.1) is 11.3 Å². The lowest BCUT2D eigenvalue weighted by atomic mass is 10.0. The number of aryl methyl sites for hydroxylation is 1. The number of pyridine rings is 1. The number of hydrogen-bond acceptors (Lipinski definition) is 4. The van der Waals surface area contributed by atoms with Crippen LogP contribution in [0.5, 0.6) is 0 Å². The molecule has 118 valence electrons. The molecule has 0 aliphatic heterocycles. The maximum absolute atomic E-state index is 5.89. The van der Waals surface area contributed by atoms with Gasteiger partial charge in [-0.1, -0.05) is 25.5 Å². The van der Waals surface area contributed by atoms with Crippen molar-refractivity contribution < 1.29 is 0 Å². The van der Waals surface area contributed by atoms with Crippen molar-refractivity contribution >= 4 is 33.5 Å². The number of hydrogen-bond donors (Lipinski definition) is 1. The van der Waals surface area contributed by atoms with Crippen molar-refractivity contribution in [3.8, 4) is 11.1 Å². The second kappa shape index (κ2) is 6.92. The van der Waals surface area contributed by atoms with Gasteiger partial charge in [0.1, 0.15) is 5.82 Å². The van der Waals surface area contributed by atoms with Crippen LogP contribution in [0.15, 0.2) is 41.5 Å². The van der Waals surface area contributed by atoms with Crippen LogP contribution in [0, 0.1) is 0 Å². The summed E-state index contributed by atoms with van der Waals surface area (Å²) in [5.74, 6) is 0.512. The number of nitrogens with two attached hydrogens (primary N) is 1. The number of thiophene rings is 1. The van der Waals surface area contributed by atoms with Gasteiger partial charge in [0.25, 0.3) is 0 Å². The summed E-state index contributed by atoms with van der Waals surface area (Å²) in [6.45, 7) is 2.23. The number of benzene rings is 1. The Bertz CT molecular complexity index is 849. The van der Waals surface area contributed by atoms with Crippen LogP contribution in [0.2, 0.25) is 0 Å². The molecule has 3 rings (SSSR count). The number of unbranched alkanes of at least 4 members (excludes halogenated alkanes) is 1. The number of fused-ring (bicyclic) bond motifs is 1. The molecule has 0 amide bonds. The minimum atomic E-state index is 0.512. The maximum Gasteiger partial charge on any atom is 0.132 e. The van der Waals surface area contributed by atoms with E-state index < -0.39 is 0 Å². The first-order valence-electron chi connectivity index (χ1n) is 7.91. The molecule has 3 aromatic rings. The number of nitrogens with zero attached hydrogens (tertiary/aromatic N) is 2. The van der Waals surface area contributed by atoms with Gasteiger partial charge in [-0.05, 0) is 42.0 Å². The highest BCUT2D eigenvalue weighted by Crippen LogP contribution is 2.31. The maximum atomic E-state index is 5.89. The van der Waals surface area contributed by atoms with Crippen molar-refractivity contribution in [1.82, 2.24) is 4.98 Å². The molecule has 0 radical (unpaired) electrons. The summed E-state index contributed by atoms with van der Waals surface area (Å²) in [5, 5.41) is 1.32. The molecule has 0 unspecified atom stereocenters. The third-order valence-electron chi connectivity index (χ3n) is 3.90. The summed E-state index contributed by atoms with van der Waals surface area (Å²) in [6, 6.07) is 11.0. The number of anilines is 1. The molecular formula is C19H21N3S. The topological polar surface area (TPSA) is 51.3 Å². The average Bonchev–Trinajstić information content (AvgIpc) is 2.97. The summed E-state index contributed by atoms with van der Waals surface area (Å²) in [6.07, 6.45) is 7.23. The molecule has 2 heterocycles. The zero-order chi connectivity index (χ0) is 16.2. The van der Waals surface area contributed by atoms with Crippen molar-refractivity contribution in [1.29, 1.82) is 0 Å². The molecule has 0 saturated carbocycles. The Kier molecular flexibility index (Phi) is 4.72. The quantitative estimate of drug-likeness (QED) is 0.676. The van der Waals surface area contributed by atoms with Gasteiger partial charge in [0, 0.05) is 40.2 Å². The molecule has 2 aromatic heterocycles. The summed E-state index contributed by atoms with van der Waals surface area (Å²) in [7, 11) is 1.74. The molecule has 0 bridgehead atoms. The van der Waals surface area contributed by atoms with Crippen molar-refractivity contribution in [2.45, 2.75) is 26.2 Å². The van der Waals surface area contributed by atoms with E-state index in [0.29, 0.717) is 5.82 Å². The second-order valence-corrected chi connectivity index (χ2v) is 6.82. The van der Waals surface area contributed by atoms with E-state index in [1.807, 2.05) is 23.6 Å². The molecule has 0 atom stereocenters. The third-order valence-corrected chi connectivity index (χ3v) is 5.06. The van der Waals surface area contributed by atoms with Crippen LogP contribution in [0.1, 0.15) is 30.2 Å². The minimum absolute atomic E-state index is 0.512. The predicted octanol–water partition coefficient (Wildman–Crippen LogP) is 4.94. The molecule has 4 heteroatoms. The molecule has 0 spiro atoms. The second-order valence-electron chi connectivity index (χ2n) is 5.65. The van der Waals surface area contributed by atoms with Gasteiger partial charge in [0.2, 0.25) is 0 Å². The molecule has 3 nitrogen and oxygen atoms in total. The Morgan fingerprint density at radius 2 is 2.09 bits per heavy atom. The molecule has 0 fully saturated rings. The molecule has 0 aliphatic carbocycles. The van der Waals surface area contributed by atoms with Crippen molar-refractivity contribution in [3.63, 3.8) is 0 Å². The molecule has 23 heavy (non-hydrogen) atoms. The van der Waals surface area contributed by atoms with E-state index in [1.165, 1.54) is 39.8 Å². The van der Waals surface area contributed by atoms with Gasteiger partial charge >= 0.3 is 0 Å². The minimum Gasteiger partial charge on any atom is -0.383 e. The molecule has 2 N–H and O–H groups in total. The Hall–Kier alpha value is -2.20. The zero-order valence-corrected chi connectivity index (χ0v) is 14.4. The van der Waals surface area contributed by atoms with Crippen LogP contribution in [0.3, 0.4) is 0 Å². The van der Waals surface area contributed by atoms with E-state index in [9.17, 15) is 0 Å². The van der Waals surface area contributed by atoms with Gasteiger partial charge in [0.05, 0.1) is 0 Å². The van der Waals surface area contributed by atoms with Crippen LogP contribution in [0.25, 0.3) is 21.2 Å². The lowest BCUT2D eigenvalue weighted by molar-refractivity contribution is 0.804. The van der Waals surface area contributed by atoms with Crippen molar-refractivity contribution in [2.24, 2.45) is 4.99 Å². The van der Waals surface area contributed by atoms with E-state index >= 15 is 0 Å².